The highest BCUT2D eigenvalue weighted by molar-refractivity contribution is 6.29. The third kappa shape index (κ3) is 6.85. The van der Waals surface area contributed by atoms with E-state index in [-0.39, 0.29) is 11.1 Å². The van der Waals surface area contributed by atoms with Crippen LogP contribution in [0.25, 0.3) is 0 Å². The predicted molar refractivity (Wildman–Crippen MR) is 129 cm³/mol. The average molecular weight is 445 g/mol. The second kappa shape index (κ2) is 11.2. The van der Waals surface area contributed by atoms with Gasteiger partial charge in [-0.05, 0) is 37.5 Å². The Balaban J connectivity index is 2.18. The van der Waals surface area contributed by atoms with Crippen molar-refractivity contribution in [3.05, 3.63) is 47.1 Å². The van der Waals surface area contributed by atoms with Crippen LogP contribution in [0.2, 0.25) is 5.15 Å². The number of amides is 2. The Bertz CT molecular complexity index is 961. The number of halogens is 1. The summed E-state index contributed by atoms with van der Waals surface area (Å²) < 4.78 is 0. The molecule has 0 fully saturated rings. The molecule has 0 aliphatic rings. The molecule has 0 aliphatic heterocycles. The number of anilines is 4. The summed E-state index contributed by atoms with van der Waals surface area (Å²) in [5.41, 5.74) is 7.98. The smallest absolute Gasteiger partial charge is 0.337 e. The zero-order chi connectivity index (χ0) is 23.0. The van der Waals surface area contributed by atoms with E-state index in [0.29, 0.717) is 41.9 Å². The van der Waals surface area contributed by atoms with Crippen LogP contribution in [0.4, 0.5) is 27.9 Å². The van der Waals surface area contributed by atoms with Crippen LogP contribution in [-0.4, -0.2) is 34.8 Å². The van der Waals surface area contributed by atoms with Gasteiger partial charge in [-0.3, -0.25) is 10.9 Å². The van der Waals surface area contributed by atoms with Gasteiger partial charge in [0.15, 0.2) is 0 Å². The van der Waals surface area contributed by atoms with Gasteiger partial charge in [0.25, 0.3) is 0 Å². The first-order chi connectivity index (χ1) is 14.7. The Morgan fingerprint density at radius 3 is 2.58 bits per heavy atom. The highest BCUT2D eigenvalue weighted by Crippen LogP contribution is 2.28. The van der Waals surface area contributed by atoms with E-state index >= 15 is 0 Å². The maximum atomic E-state index is 12.4. The number of nitrogens with zero attached hydrogens (tertiary/aromatic N) is 2. The molecular weight excluding hydrogens is 416 g/mol. The molecule has 2 aromatic rings. The topological polar surface area (TPSA) is 127 Å². The van der Waals surface area contributed by atoms with Gasteiger partial charge >= 0.3 is 6.03 Å². The molecule has 0 radical (unpaired) electrons. The van der Waals surface area contributed by atoms with E-state index < -0.39 is 6.03 Å². The average Bonchev–Trinajstić information content (AvgIpc) is 2.69. The van der Waals surface area contributed by atoms with Crippen LogP contribution in [0.15, 0.2) is 30.9 Å². The normalized spacial score (nSPS) is 10.4. The van der Waals surface area contributed by atoms with Crippen LogP contribution in [0.5, 0.6) is 0 Å². The van der Waals surface area contributed by atoms with Gasteiger partial charge in [-0.25, -0.2) is 14.8 Å². The molecule has 0 aliphatic carbocycles. The van der Waals surface area contributed by atoms with Crippen molar-refractivity contribution in [2.24, 2.45) is 0 Å². The molecule has 2 rings (SSSR count). The summed E-state index contributed by atoms with van der Waals surface area (Å²) >= 11 is 6.01. The maximum Gasteiger partial charge on any atom is 0.337 e. The number of nitrogens with one attached hydrogen (secondary N) is 6. The molecule has 0 atom stereocenters. The van der Waals surface area contributed by atoms with Crippen molar-refractivity contribution in [3.8, 4) is 0 Å². The largest absolute Gasteiger partial charge is 0.370 e. The molecule has 0 unspecified atom stereocenters. The minimum absolute atomic E-state index is 0.153. The molecule has 9 nitrogen and oxygen atoms in total. The number of hydrogen-bond donors (Lipinski definition) is 6. The fourth-order valence-electron chi connectivity index (χ4n) is 2.90. The Kier molecular flexibility index (Phi) is 8.63. The second-order valence-electron chi connectivity index (χ2n) is 7.07. The molecule has 31 heavy (non-hydrogen) atoms. The zero-order valence-corrected chi connectivity index (χ0v) is 18.9. The molecule has 0 aromatic carbocycles. The minimum atomic E-state index is -0.495. The quantitative estimate of drug-likeness (QED) is 0.135. The number of hydrazine groups is 1. The van der Waals surface area contributed by atoms with Crippen molar-refractivity contribution < 1.29 is 4.79 Å². The lowest BCUT2D eigenvalue weighted by Crippen LogP contribution is -2.34. The standard InChI is InChI=1S/C21H29ClN8O/c1-6-8-25-20-19(13(5)23)15(12(3)4)11-18(28-20)29-30-21(31)26-14-9-16(22)27-17(10-14)24-7-2/h6,9-12,23H,1,7-8H2,2-5H3,(H2,25,28,29)(H3,24,26,27,30,31). The van der Waals surface area contributed by atoms with Gasteiger partial charge in [0.1, 0.15) is 22.6 Å². The molecule has 2 amide bonds. The predicted octanol–water partition coefficient (Wildman–Crippen LogP) is 4.82. The fraction of sp³-hybridized carbons (Fsp3) is 0.333. The van der Waals surface area contributed by atoms with Gasteiger partial charge in [-0.1, -0.05) is 31.5 Å². The maximum absolute atomic E-state index is 12.4. The molecule has 0 bridgehead atoms. The lowest BCUT2D eigenvalue weighted by molar-refractivity contribution is 0.254. The SMILES string of the molecule is C=CCNc1nc(NNC(=O)Nc2cc(Cl)nc(NCC)c2)cc(C(C)C)c1C(C)=N. The number of carbonyl (C=O) groups excluding carboxylic acids is 1. The van der Waals surface area contributed by atoms with E-state index in [1.165, 1.54) is 0 Å². The van der Waals surface area contributed by atoms with Crippen LogP contribution >= 0.6 is 11.6 Å². The fourth-order valence-corrected chi connectivity index (χ4v) is 3.11. The third-order valence-electron chi connectivity index (χ3n) is 4.17. The summed E-state index contributed by atoms with van der Waals surface area (Å²) in [6, 6.07) is 4.56. The van der Waals surface area contributed by atoms with Crippen molar-refractivity contribution in [1.82, 2.24) is 15.4 Å². The van der Waals surface area contributed by atoms with Gasteiger partial charge in [0, 0.05) is 36.1 Å². The van der Waals surface area contributed by atoms with Gasteiger partial charge in [-0.2, -0.15) is 0 Å². The number of carbonyl (C=O) groups is 1. The van der Waals surface area contributed by atoms with E-state index in [4.69, 9.17) is 17.0 Å². The van der Waals surface area contributed by atoms with Gasteiger partial charge < -0.3 is 21.4 Å². The van der Waals surface area contributed by atoms with E-state index in [0.717, 1.165) is 11.1 Å². The van der Waals surface area contributed by atoms with Crippen molar-refractivity contribution in [1.29, 1.82) is 5.41 Å². The Labute approximate surface area is 187 Å². The third-order valence-corrected chi connectivity index (χ3v) is 4.37. The minimum Gasteiger partial charge on any atom is -0.370 e. The van der Waals surface area contributed by atoms with Crippen molar-refractivity contribution >= 4 is 46.5 Å². The molecule has 10 heteroatoms. The molecule has 2 aromatic heterocycles. The summed E-state index contributed by atoms with van der Waals surface area (Å²) in [7, 11) is 0. The number of pyridine rings is 2. The van der Waals surface area contributed by atoms with Crippen molar-refractivity contribution in [2.75, 3.05) is 34.5 Å². The van der Waals surface area contributed by atoms with E-state index in [9.17, 15) is 4.79 Å². The van der Waals surface area contributed by atoms with E-state index in [1.807, 2.05) is 26.8 Å². The molecule has 6 N–H and O–H groups in total. The lowest BCUT2D eigenvalue weighted by atomic mass is 9.95. The Morgan fingerprint density at radius 1 is 1.23 bits per heavy atom. The highest BCUT2D eigenvalue weighted by atomic mass is 35.5. The Hall–Kier alpha value is -3.33. The summed E-state index contributed by atoms with van der Waals surface area (Å²) in [6.07, 6.45) is 1.72. The highest BCUT2D eigenvalue weighted by Gasteiger charge is 2.17. The van der Waals surface area contributed by atoms with Gasteiger partial charge in [-0.15, -0.1) is 6.58 Å². The van der Waals surface area contributed by atoms with E-state index in [1.54, 1.807) is 25.1 Å². The number of aromatic nitrogens is 2. The monoisotopic (exact) mass is 444 g/mol. The zero-order valence-electron chi connectivity index (χ0n) is 18.2. The Morgan fingerprint density at radius 2 is 1.97 bits per heavy atom. The number of rotatable bonds is 10. The van der Waals surface area contributed by atoms with Crippen LogP contribution in [0, 0.1) is 5.41 Å². The van der Waals surface area contributed by atoms with Crippen LogP contribution in [0.1, 0.15) is 44.7 Å². The van der Waals surface area contributed by atoms with Gasteiger partial charge in [0.05, 0.1) is 0 Å². The first-order valence-corrected chi connectivity index (χ1v) is 10.3. The van der Waals surface area contributed by atoms with Crippen LogP contribution in [-0.2, 0) is 0 Å². The lowest BCUT2D eigenvalue weighted by Gasteiger charge is -2.19. The van der Waals surface area contributed by atoms with Crippen LogP contribution in [0.3, 0.4) is 0 Å². The summed E-state index contributed by atoms with van der Waals surface area (Å²) in [5, 5.41) is 17.3. The molecule has 166 valence electrons. The molecule has 0 saturated carbocycles. The number of urea groups is 1. The first kappa shape index (κ1) is 23.9. The first-order valence-electron chi connectivity index (χ1n) is 9.94. The summed E-state index contributed by atoms with van der Waals surface area (Å²) in [4.78, 5) is 21.0. The second-order valence-corrected chi connectivity index (χ2v) is 7.46. The molecule has 2 heterocycles. The number of hydrogen-bond acceptors (Lipinski definition) is 7. The van der Waals surface area contributed by atoms with Crippen molar-refractivity contribution in [2.45, 2.75) is 33.6 Å². The van der Waals surface area contributed by atoms with E-state index in [2.05, 4.69) is 43.3 Å². The van der Waals surface area contributed by atoms with Gasteiger partial charge in [0.2, 0.25) is 0 Å². The molecular formula is C21H29ClN8O. The summed E-state index contributed by atoms with van der Waals surface area (Å²) in [5.74, 6) is 1.72. The molecule has 0 spiro atoms. The van der Waals surface area contributed by atoms with Crippen LogP contribution < -0.4 is 26.8 Å². The molecule has 0 saturated heterocycles. The van der Waals surface area contributed by atoms with Crippen molar-refractivity contribution in [3.63, 3.8) is 0 Å². The summed E-state index contributed by atoms with van der Waals surface area (Å²) in [6.45, 7) is 12.6.